The van der Waals surface area contributed by atoms with Crippen molar-refractivity contribution in [2.45, 2.75) is 37.6 Å². The minimum atomic E-state index is -3.30. The molecule has 2 heterocycles. The van der Waals surface area contributed by atoms with E-state index in [1.165, 1.54) is 30.3 Å². The molecule has 1 aromatic carbocycles. The molecule has 0 saturated heterocycles. The number of nitrogens with zero attached hydrogens (tertiary/aromatic N) is 1. The maximum atomic E-state index is 13.0. The smallest absolute Gasteiger partial charge is 0.261 e. The van der Waals surface area contributed by atoms with E-state index in [0.717, 1.165) is 19.1 Å². The van der Waals surface area contributed by atoms with Gasteiger partial charge in [0.25, 0.3) is 11.5 Å². The lowest BCUT2D eigenvalue weighted by Crippen LogP contribution is -2.31. The summed E-state index contributed by atoms with van der Waals surface area (Å²) < 4.78 is 30.3. The van der Waals surface area contributed by atoms with Crippen LogP contribution in [0.1, 0.15) is 35.8 Å². The Morgan fingerprint density at radius 1 is 1.22 bits per heavy atom. The molecule has 27 heavy (non-hydrogen) atoms. The van der Waals surface area contributed by atoms with Gasteiger partial charge in [-0.25, -0.2) is 8.42 Å². The minimum Gasteiger partial charge on any atom is -0.493 e. The molecule has 0 fully saturated rings. The van der Waals surface area contributed by atoms with E-state index in [2.05, 4.69) is 5.32 Å². The Balaban J connectivity index is 1.97. The van der Waals surface area contributed by atoms with E-state index in [9.17, 15) is 18.0 Å². The van der Waals surface area contributed by atoms with E-state index in [0.29, 0.717) is 36.5 Å². The minimum absolute atomic E-state index is 0.165. The fourth-order valence-corrected chi connectivity index (χ4v) is 3.86. The first-order valence-corrected chi connectivity index (χ1v) is 10.7. The highest BCUT2D eigenvalue weighted by Crippen LogP contribution is 2.26. The second kappa shape index (κ2) is 7.56. The van der Waals surface area contributed by atoms with Crippen LogP contribution in [-0.4, -0.2) is 31.8 Å². The lowest BCUT2D eigenvalue weighted by Gasteiger charge is -2.23. The van der Waals surface area contributed by atoms with Gasteiger partial charge in [0.05, 0.1) is 11.5 Å². The number of carbonyl (C=O) groups is 1. The summed E-state index contributed by atoms with van der Waals surface area (Å²) in [4.78, 5) is 25.4. The topological polar surface area (TPSA) is 94.5 Å². The summed E-state index contributed by atoms with van der Waals surface area (Å²) in [6, 6.07) is 7.32. The third-order valence-corrected chi connectivity index (χ3v) is 5.62. The van der Waals surface area contributed by atoms with Crippen molar-refractivity contribution in [3.63, 3.8) is 0 Å². The number of nitrogens with one attached hydrogen (secondary N) is 1. The lowest BCUT2D eigenvalue weighted by atomic mass is 10.0. The number of hydrogen-bond acceptors (Lipinski definition) is 5. The third-order valence-electron chi connectivity index (χ3n) is 4.49. The Labute approximate surface area is 157 Å². The average Bonchev–Trinajstić information content (AvgIpc) is 2.62. The highest BCUT2D eigenvalue weighted by molar-refractivity contribution is 7.90. The molecule has 1 amide bonds. The predicted molar refractivity (Wildman–Crippen MR) is 102 cm³/mol. The molecular formula is C19H22N2O5S. The van der Waals surface area contributed by atoms with Crippen LogP contribution >= 0.6 is 0 Å². The van der Waals surface area contributed by atoms with Crippen LogP contribution in [0.4, 0.5) is 5.69 Å². The number of aromatic nitrogens is 1. The zero-order chi connectivity index (χ0) is 19.6. The number of pyridine rings is 1. The number of hydrogen-bond donors (Lipinski definition) is 1. The number of ether oxygens (including phenoxy) is 1. The first-order chi connectivity index (χ1) is 12.8. The average molecular weight is 390 g/mol. The maximum absolute atomic E-state index is 13.0. The normalized spacial score (nSPS) is 13.7. The maximum Gasteiger partial charge on any atom is 0.261 e. The molecule has 144 valence electrons. The summed E-state index contributed by atoms with van der Waals surface area (Å²) in [6.45, 7) is 2.72. The number of rotatable bonds is 5. The Morgan fingerprint density at radius 2 is 1.93 bits per heavy atom. The first-order valence-electron chi connectivity index (χ1n) is 8.82. The van der Waals surface area contributed by atoms with Gasteiger partial charge >= 0.3 is 0 Å². The molecule has 2 aromatic rings. The lowest BCUT2D eigenvalue weighted by molar-refractivity contribution is 0.102. The van der Waals surface area contributed by atoms with Crippen LogP contribution in [0.15, 0.2) is 40.0 Å². The van der Waals surface area contributed by atoms with Crippen molar-refractivity contribution in [1.29, 1.82) is 0 Å². The quantitative estimate of drug-likeness (QED) is 0.845. The fourth-order valence-electron chi connectivity index (χ4n) is 3.23. The summed E-state index contributed by atoms with van der Waals surface area (Å²) >= 11 is 0. The Hall–Kier alpha value is -2.61. The molecule has 3 rings (SSSR count). The zero-order valence-corrected chi connectivity index (χ0v) is 16.1. The van der Waals surface area contributed by atoms with Crippen molar-refractivity contribution >= 4 is 21.4 Å². The van der Waals surface area contributed by atoms with Crippen molar-refractivity contribution in [3.05, 3.63) is 51.9 Å². The SMILES string of the molecule is CCOc1cc(=O)n2c(c1C(=O)Nc1ccc(S(C)(=O)=O)cc1)CCCC2. The van der Waals surface area contributed by atoms with E-state index >= 15 is 0 Å². The van der Waals surface area contributed by atoms with E-state index in [1.807, 2.05) is 0 Å². The molecule has 0 radical (unpaired) electrons. The number of anilines is 1. The zero-order valence-electron chi connectivity index (χ0n) is 15.3. The van der Waals surface area contributed by atoms with Gasteiger partial charge in [-0.1, -0.05) is 0 Å². The Bertz CT molecular complexity index is 1020. The molecule has 0 atom stereocenters. The van der Waals surface area contributed by atoms with Gasteiger partial charge in [0.1, 0.15) is 11.3 Å². The number of amides is 1. The number of benzene rings is 1. The summed E-state index contributed by atoms with van der Waals surface area (Å²) in [5, 5.41) is 2.78. The second-order valence-electron chi connectivity index (χ2n) is 6.46. The van der Waals surface area contributed by atoms with Crippen LogP contribution in [0.5, 0.6) is 5.75 Å². The van der Waals surface area contributed by atoms with Gasteiger partial charge in [-0.2, -0.15) is 0 Å². The third kappa shape index (κ3) is 4.05. The molecule has 0 aliphatic carbocycles. The molecule has 0 saturated carbocycles. The summed E-state index contributed by atoms with van der Waals surface area (Å²) in [5.74, 6) is -0.0999. The van der Waals surface area contributed by atoms with Gasteiger partial charge in [0.2, 0.25) is 0 Å². The van der Waals surface area contributed by atoms with Crippen LogP contribution in [-0.2, 0) is 22.8 Å². The van der Waals surface area contributed by atoms with Gasteiger partial charge in [0, 0.05) is 30.2 Å². The molecule has 7 nitrogen and oxygen atoms in total. The Morgan fingerprint density at radius 3 is 2.56 bits per heavy atom. The van der Waals surface area contributed by atoms with Gasteiger partial charge in [-0.15, -0.1) is 0 Å². The van der Waals surface area contributed by atoms with Gasteiger partial charge < -0.3 is 14.6 Å². The van der Waals surface area contributed by atoms with Crippen LogP contribution in [0.2, 0.25) is 0 Å². The van der Waals surface area contributed by atoms with Crippen molar-refractivity contribution in [2.75, 3.05) is 18.2 Å². The Kier molecular flexibility index (Phi) is 5.36. The fraction of sp³-hybridized carbons (Fsp3) is 0.368. The van der Waals surface area contributed by atoms with Crippen LogP contribution in [0.3, 0.4) is 0 Å². The molecule has 1 aliphatic rings. The highest BCUT2D eigenvalue weighted by atomic mass is 32.2. The molecule has 1 aliphatic heterocycles. The summed E-state index contributed by atoms with van der Waals surface area (Å²) in [6.07, 6.45) is 3.56. The second-order valence-corrected chi connectivity index (χ2v) is 8.48. The van der Waals surface area contributed by atoms with E-state index in [1.54, 1.807) is 11.5 Å². The van der Waals surface area contributed by atoms with Gasteiger partial charge in [0.15, 0.2) is 9.84 Å². The molecule has 1 aromatic heterocycles. The van der Waals surface area contributed by atoms with Crippen molar-refractivity contribution in [2.24, 2.45) is 0 Å². The van der Waals surface area contributed by atoms with Crippen molar-refractivity contribution < 1.29 is 17.9 Å². The summed E-state index contributed by atoms with van der Waals surface area (Å²) in [5.41, 5.74) is 1.35. The summed E-state index contributed by atoms with van der Waals surface area (Å²) in [7, 11) is -3.30. The first kappa shape index (κ1) is 19.2. The molecule has 0 spiro atoms. The largest absolute Gasteiger partial charge is 0.493 e. The van der Waals surface area contributed by atoms with E-state index in [4.69, 9.17) is 4.74 Å². The van der Waals surface area contributed by atoms with Gasteiger partial charge in [-0.3, -0.25) is 9.59 Å². The monoisotopic (exact) mass is 390 g/mol. The van der Waals surface area contributed by atoms with E-state index in [-0.39, 0.29) is 22.1 Å². The van der Waals surface area contributed by atoms with E-state index < -0.39 is 9.84 Å². The van der Waals surface area contributed by atoms with Crippen LogP contribution in [0.25, 0.3) is 0 Å². The molecule has 0 unspecified atom stereocenters. The van der Waals surface area contributed by atoms with Crippen LogP contribution in [0, 0.1) is 0 Å². The van der Waals surface area contributed by atoms with Crippen molar-refractivity contribution in [3.8, 4) is 5.75 Å². The van der Waals surface area contributed by atoms with Crippen molar-refractivity contribution in [1.82, 2.24) is 4.57 Å². The molecular weight excluding hydrogens is 368 g/mol. The highest BCUT2D eigenvalue weighted by Gasteiger charge is 2.24. The number of sulfone groups is 1. The standard InChI is InChI=1S/C19H22N2O5S/c1-3-26-16-12-17(22)21-11-5-4-6-15(21)18(16)19(23)20-13-7-9-14(10-8-13)27(2,24)25/h7-10,12H,3-6,11H2,1-2H3,(H,20,23). The van der Waals surface area contributed by atoms with Crippen LogP contribution < -0.4 is 15.6 Å². The number of fused-ring (bicyclic) bond motifs is 1. The molecule has 1 N–H and O–H groups in total. The molecule has 8 heteroatoms. The van der Waals surface area contributed by atoms with Gasteiger partial charge in [-0.05, 0) is 50.5 Å². The molecule has 0 bridgehead atoms. The number of carbonyl (C=O) groups excluding carboxylic acids is 1. The predicted octanol–water partition coefficient (Wildman–Crippen LogP) is 2.24.